The van der Waals surface area contributed by atoms with E-state index in [0.29, 0.717) is 18.0 Å². The number of rotatable bonds is 4. The Morgan fingerprint density at radius 2 is 2.22 bits per heavy atom. The molecule has 0 saturated carbocycles. The molecule has 6 nitrogen and oxygen atoms in total. The highest BCUT2D eigenvalue weighted by atomic mass is 16.5. The molecule has 0 saturated heterocycles. The van der Waals surface area contributed by atoms with Gasteiger partial charge in [0, 0.05) is 0 Å². The largest absolute Gasteiger partial charge is 0.492 e. The molecular weight excluding hydrogens is 234 g/mol. The van der Waals surface area contributed by atoms with Crippen molar-refractivity contribution in [2.45, 2.75) is 6.92 Å². The lowest BCUT2D eigenvalue weighted by Gasteiger charge is -2.11. The van der Waals surface area contributed by atoms with Gasteiger partial charge >= 0.3 is 0 Å². The van der Waals surface area contributed by atoms with Gasteiger partial charge in [0.25, 0.3) is 5.56 Å². The van der Waals surface area contributed by atoms with Crippen molar-refractivity contribution < 1.29 is 9.84 Å². The quantitative estimate of drug-likeness (QED) is 0.764. The van der Waals surface area contributed by atoms with Crippen molar-refractivity contribution in [3.05, 3.63) is 40.9 Å². The van der Waals surface area contributed by atoms with Crippen molar-refractivity contribution in [3.8, 4) is 11.6 Å². The third-order valence-electron chi connectivity index (χ3n) is 2.28. The molecule has 1 aromatic heterocycles. The van der Waals surface area contributed by atoms with Crippen molar-refractivity contribution in [2.24, 2.45) is 0 Å². The summed E-state index contributed by atoms with van der Waals surface area (Å²) in [5, 5.41) is 12.4. The molecule has 0 aliphatic carbocycles. The smallest absolute Gasteiger partial charge is 0.278 e. The molecule has 2 rings (SSSR count). The number of H-pyrrole nitrogens is 1. The Hall–Kier alpha value is -2.50. The van der Waals surface area contributed by atoms with Crippen LogP contribution < -0.4 is 15.6 Å². The molecule has 0 spiro atoms. The minimum absolute atomic E-state index is 0.00958. The maximum absolute atomic E-state index is 11.6. The van der Waals surface area contributed by atoms with Gasteiger partial charge in [-0.05, 0) is 19.1 Å². The first-order valence-electron chi connectivity index (χ1n) is 5.48. The van der Waals surface area contributed by atoms with Crippen molar-refractivity contribution >= 4 is 11.4 Å². The fourth-order valence-corrected chi connectivity index (χ4v) is 1.49. The van der Waals surface area contributed by atoms with E-state index in [2.05, 4.69) is 15.3 Å². The Morgan fingerprint density at radius 3 is 2.94 bits per heavy atom. The number of ether oxygens (including phenoxy) is 1. The predicted molar refractivity (Wildman–Crippen MR) is 67.4 cm³/mol. The van der Waals surface area contributed by atoms with Crippen LogP contribution in [0.2, 0.25) is 0 Å². The second-order valence-corrected chi connectivity index (χ2v) is 3.48. The molecule has 0 unspecified atom stereocenters. The summed E-state index contributed by atoms with van der Waals surface area (Å²) in [6, 6.07) is 7.14. The van der Waals surface area contributed by atoms with E-state index in [0.717, 1.165) is 6.33 Å². The number of nitrogens with one attached hydrogen (secondary N) is 2. The summed E-state index contributed by atoms with van der Waals surface area (Å²) in [5.74, 6) is 0.243. The number of hydrogen-bond donors (Lipinski definition) is 3. The summed E-state index contributed by atoms with van der Waals surface area (Å²) in [4.78, 5) is 17.5. The summed E-state index contributed by atoms with van der Waals surface area (Å²) >= 11 is 0. The summed E-state index contributed by atoms with van der Waals surface area (Å²) in [6.07, 6.45) is 1.14. The van der Waals surface area contributed by atoms with Crippen LogP contribution in [0.4, 0.5) is 11.4 Å². The molecule has 0 aliphatic rings. The number of aromatic amines is 1. The van der Waals surface area contributed by atoms with Crippen molar-refractivity contribution in [3.63, 3.8) is 0 Å². The van der Waals surface area contributed by atoms with Gasteiger partial charge in [-0.1, -0.05) is 12.1 Å². The monoisotopic (exact) mass is 247 g/mol. The maximum Gasteiger partial charge on any atom is 0.278 e. The number of para-hydroxylation sites is 2. The zero-order valence-electron chi connectivity index (χ0n) is 9.80. The van der Waals surface area contributed by atoms with Crippen LogP contribution in [0.1, 0.15) is 6.92 Å². The van der Waals surface area contributed by atoms with Crippen molar-refractivity contribution in [2.75, 3.05) is 11.9 Å². The molecule has 0 aliphatic heterocycles. The molecule has 94 valence electrons. The van der Waals surface area contributed by atoms with Crippen molar-refractivity contribution in [1.82, 2.24) is 9.97 Å². The second kappa shape index (κ2) is 5.22. The van der Waals surface area contributed by atoms with E-state index in [-0.39, 0.29) is 11.6 Å². The predicted octanol–water partition coefficient (Wildman–Crippen LogP) is 1.62. The third kappa shape index (κ3) is 2.42. The van der Waals surface area contributed by atoms with Gasteiger partial charge < -0.3 is 20.1 Å². The van der Waals surface area contributed by atoms with Gasteiger partial charge in [0.1, 0.15) is 5.75 Å². The van der Waals surface area contributed by atoms with E-state index in [4.69, 9.17) is 4.74 Å². The SMILES string of the molecule is CCOc1ccccc1Nc1c(O)nc[nH]c1=O. The molecule has 0 fully saturated rings. The lowest BCUT2D eigenvalue weighted by atomic mass is 10.3. The number of nitrogens with zero attached hydrogens (tertiary/aromatic N) is 1. The lowest BCUT2D eigenvalue weighted by Crippen LogP contribution is -2.12. The Labute approximate surface area is 103 Å². The maximum atomic E-state index is 11.6. The first-order valence-corrected chi connectivity index (χ1v) is 5.48. The topological polar surface area (TPSA) is 87.2 Å². The number of benzene rings is 1. The van der Waals surface area contributed by atoms with Crippen LogP contribution in [0, 0.1) is 0 Å². The molecule has 0 amide bonds. The summed E-state index contributed by atoms with van der Waals surface area (Å²) < 4.78 is 5.41. The van der Waals surface area contributed by atoms with E-state index in [1.165, 1.54) is 0 Å². The molecule has 18 heavy (non-hydrogen) atoms. The lowest BCUT2D eigenvalue weighted by molar-refractivity contribution is 0.342. The Balaban J connectivity index is 2.37. The fraction of sp³-hybridized carbons (Fsp3) is 0.167. The van der Waals surface area contributed by atoms with Gasteiger partial charge in [-0.2, -0.15) is 0 Å². The number of hydrogen-bond acceptors (Lipinski definition) is 5. The molecule has 0 atom stereocenters. The summed E-state index contributed by atoms with van der Waals surface area (Å²) in [7, 11) is 0. The Morgan fingerprint density at radius 1 is 1.44 bits per heavy atom. The minimum atomic E-state index is -0.450. The molecule has 0 bridgehead atoms. The molecule has 6 heteroatoms. The van der Waals surface area contributed by atoms with Crippen LogP contribution in [0.15, 0.2) is 35.4 Å². The fourth-order valence-electron chi connectivity index (χ4n) is 1.49. The Kier molecular flexibility index (Phi) is 3.47. The third-order valence-corrected chi connectivity index (χ3v) is 2.28. The van der Waals surface area contributed by atoms with Crippen LogP contribution in [0.5, 0.6) is 11.6 Å². The van der Waals surface area contributed by atoms with E-state index in [9.17, 15) is 9.90 Å². The highest BCUT2D eigenvalue weighted by molar-refractivity contribution is 5.68. The summed E-state index contributed by atoms with van der Waals surface area (Å²) in [5.41, 5.74) is 0.131. The first kappa shape index (κ1) is 12.0. The average molecular weight is 247 g/mol. The van der Waals surface area contributed by atoms with Crippen LogP contribution in [0.3, 0.4) is 0 Å². The number of aromatic hydroxyl groups is 1. The van der Waals surface area contributed by atoms with Gasteiger partial charge in [0.15, 0.2) is 5.69 Å². The number of aromatic nitrogens is 2. The van der Waals surface area contributed by atoms with Gasteiger partial charge in [-0.15, -0.1) is 0 Å². The highest BCUT2D eigenvalue weighted by Gasteiger charge is 2.10. The van der Waals surface area contributed by atoms with Gasteiger partial charge in [-0.25, -0.2) is 4.98 Å². The van der Waals surface area contributed by atoms with Crippen LogP contribution in [-0.2, 0) is 0 Å². The van der Waals surface area contributed by atoms with Crippen LogP contribution >= 0.6 is 0 Å². The molecule has 2 aromatic rings. The molecule has 1 heterocycles. The first-order chi connectivity index (χ1) is 8.72. The molecule has 1 aromatic carbocycles. The van der Waals surface area contributed by atoms with Gasteiger partial charge in [0.2, 0.25) is 5.88 Å². The van der Waals surface area contributed by atoms with E-state index < -0.39 is 5.56 Å². The minimum Gasteiger partial charge on any atom is -0.492 e. The second-order valence-electron chi connectivity index (χ2n) is 3.48. The molecular formula is C12H13N3O3. The van der Waals surface area contributed by atoms with Crippen molar-refractivity contribution in [1.29, 1.82) is 0 Å². The van der Waals surface area contributed by atoms with E-state index in [1.807, 2.05) is 13.0 Å². The number of anilines is 2. The van der Waals surface area contributed by atoms with E-state index >= 15 is 0 Å². The van der Waals surface area contributed by atoms with Gasteiger partial charge in [0.05, 0.1) is 18.6 Å². The highest BCUT2D eigenvalue weighted by Crippen LogP contribution is 2.28. The normalized spacial score (nSPS) is 10.1. The summed E-state index contributed by atoms with van der Waals surface area (Å²) in [6.45, 7) is 2.37. The van der Waals surface area contributed by atoms with Gasteiger partial charge in [-0.3, -0.25) is 4.79 Å². The zero-order chi connectivity index (χ0) is 13.0. The van der Waals surface area contributed by atoms with E-state index in [1.54, 1.807) is 18.2 Å². The van der Waals surface area contributed by atoms with Crippen LogP contribution in [0.25, 0.3) is 0 Å². The average Bonchev–Trinajstić information content (AvgIpc) is 2.36. The molecule has 0 radical (unpaired) electrons. The standard InChI is InChI=1S/C12H13N3O3/c1-2-18-9-6-4-3-5-8(9)15-10-11(16)13-7-14-12(10)17/h3-7,15H,2H2,1H3,(H2,13,14,16,17). The zero-order valence-corrected chi connectivity index (χ0v) is 9.80. The Bertz CT molecular complexity index is 595. The van der Waals surface area contributed by atoms with Crippen LogP contribution in [-0.4, -0.2) is 21.7 Å². The molecule has 3 N–H and O–H groups in total.